The Kier molecular flexibility index (Phi) is 19.1. The van der Waals surface area contributed by atoms with Gasteiger partial charge in [0.25, 0.3) is 0 Å². The Hall–Kier alpha value is -2.97. The van der Waals surface area contributed by atoms with Crippen molar-refractivity contribution >= 4 is 29.8 Å². The average Bonchev–Trinajstić information content (AvgIpc) is 2.62. The van der Waals surface area contributed by atoms with Crippen molar-refractivity contribution in [2.24, 2.45) is 39.6 Å². The highest BCUT2D eigenvalue weighted by molar-refractivity contribution is 5.76. The summed E-state index contributed by atoms with van der Waals surface area (Å²) < 4.78 is 0. The number of aliphatic carboxylic acids is 4. The maximum atomic E-state index is 10.2. The van der Waals surface area contributed by atoms with Crippen molar-refractivity contribution in [3.8, 4) is 0 Å². The summed E-state index contributed by atoms with van der Waals surface area (Å²) in [6.07, 6.45) is 0.732. The first-order chi connectivity index (χ1) is 13.6. The van der Waals surface area contributed by atoms with Crippen LogP contribution < -0.4 is 28.7 Å². The third-order valence-electron chi connectivity index (χ3n) is 3.27. The van der Waals surface area contributed by atoms with Crippen LogP contribution in [0.25, 0.3) is 0 Å². The van der Waals surface area contributed by atoms with Gasteiger partial charge in [-0.25, -0.2) is 0 Å². The van der Waals surface area contributed by atoms with E-state index in [1.165, 1.54) is 0 Å². The van der Waals surface area contributed by atoms with Gasteiger partial charge in [-0.3, -0.25) is 24.2 Å². The van der Waals surface area contributed by atoms with Crippen LogP contribution in [0.1, 0.15) is 39.5 Å². The van der Waals surface area contributed by atoms with Gasteiger partial charge in [-0.2, -0.15) is 0 Å². The molecule has 0 amide bonds. The topological polar surface area (TPSA) is 292 Å². The summed E-state index contributed by atoms with van der Waals surface area (Å²) in [5, 5.41) is 32.9. The Labute approximate surface area is 174 Å². The third-order valence-corrected chi connectivity index (χ3v) is 3.27. The number of aliphatic imine (C=N–C) groups is 1. The van der Waals surface area contributed by atoms with E-state index < -0.39 is 42.0 Å². The predicted molar refractivity (Wildman–Crippen MR) is 108 cm³/mol. The van der Waals surface area contributed by atoms with Gasteiger partial charge < -0.3 is 49.1 Å². The highest BCUT2D eigenvalue weighted by Crippen LogP contribution is 1.96. The van der Waals surface area contributed by atoms with Crippen molar-refractivity contribution in [3.63, 3.8) is 0 Å². The molecule has 0 aliphatic carbocycles. The van der Waals surface area contributed by atoms with Gasteiger partial charge in [0.15, 0.2) is 5.96 Å². The van der Waals surface area contributed by atoms with E-state index in [0.29, 0.717) is 19.4 Å². The fourth-order valence-electron chi connectivity index (χ4n) is 1.33. The molecule has 0 rings (SSSR count). The molecule has 3 atom stereocenters. The molecule has 0 saturated carbocycles. The Morgan fingerprint density at radius 2 is 1.23 bits per heavy atom. The van der Waals surface area contributed by atoms with Crippen LogP contribution in [0.2, 0.25) is 0 Å². The zero-order valence-electron chi connectivity index (χ0n) is 17.1. The fourth-order valence-corrected chi connectivity index (χ4v) is 1.33. The predicted octanol–water partition coefficient (Wildman–Crippen LogP) is -2.23. The minimum atomic E-state index is -1.17. The summed E-state index contributed by atoms with van der Waals surface area (Å²) in [5.41, 5.74) is 25.5. The van der Waals surface area contributed by atoms with Crippen LogP contribution in [0.3, 0.4) is 0 Å². The van der Waals surface area contributed by atoms with E-state index in [4.69, 9.17) is 49.1 Å². The van der Waals surface area contributed by atoms with Crippen LogP contribution >= 0.6 is 0 Å². The molecular weight excluding hydrogens is 404 g/mol. The zero-order chi connectivity index (χ0) is 24.4. The molecule has 0 aromatic carbocycles. The number of hydrogen-bond donors (Lipinski definition) is 9. The Morgan fingerprint density at radius 1 is 0.800 bits per heavy atom. The minimum absolute atomic E-state index is 0.0129. The van der Waals surface area contributed by atoms with Crippen LogP contribution in [0.4, 0.5) is 0 Å². The summed E-state index contributed by atoms with van der Waals surface area (Å²) >= 11 is 0. The lowest BCUT2D eigenvalue weighted by Gasteiger charge is -2.07. The normalized spacial score (nSPS) is 12.7. The van der Waals surface area contributed by atoms with Crippen molar-refractivity contribution in [3.05, 3.63) is 0 Å². The first kappa shape index (κ1) is 31.7. The number of hydrogen-bond acceptors (Lipinski definition) is 8. The zero-order valence-corrected chi connectivity index (χ0v) is 17.1. The molecule has 14 nitrogen and oxygen atoms in total. The highest BCUT2D eigenvalue weighted by atomic mass is 16.4. The molecule has 0 aliphatic heterocycles. The third kappa shape index (κ3) is 23.1. The summed E-state index contributed by atoms with van der Waals surface area (Å²) in [6.45, 7) is 3.97. The molecule has 0 saturated heterocycles. The summed E-state index contributed by atoms with van der Waals surface area (Å²) in [4.78, 5) is 43.8. The molecule has 30 heavy (non-hydrogen) atoms. The van der Waals surface area contributed by atoms with Gasteiger partial charge in [0.1, 0.15) is 18.1 Å². The van der Waals surface area contributed by atoms with Gasteiger partial charge in [0.2, 0.25) is 0 Å². The van der Waals surface area contributed by atoms with E-state index >= 15 is 0 Å². The number of carboxylic acid groups (broad SMARTS) is 4. The smallest absolute Gasteiger partial charge is 0.320 e. The molecule has 0 aliphatic rings. The molecule has 0 heterocycles. The molecule has 14 heteroatoms. The van der Waals surface area contributed by atoms with Crippen LogP contribution in [0.5, 0.6) is 0 Å². The van der Waals surface area contributed by atoms with Gasteiger partial charge in [-0.1, -0.05) is 13.8 Å². The Balaban J connectivity index is -0.000000372. The molecule has 0 spiro atoms. The maximum Gasteiger partial charge on any atom is 0.320 e. The summed E-state index contributed by atoms with van der Waals surface area (Å²) in [6, 6.07) is -2.59. The number of guanidine groups is 1. The van der Waals surface area contributed by atoms with Crippen molar-refractivity contribution < 1.29 is 39.6 Å². The monoisotopic (exact) mass is 438 g/mol. The van der Waals surface area contributed by atoms with Crippen LogP contribution in [-0.2, 0) is 19.2 Å². The lowest BCUT2D eigenvalue weighted by atomic mass is 10.1. The number of rotatable bonds is 11. The van der Waals surface area contributed by atoms with E-state index in [-0.39, 0.29) is 24.7 Å². The molecule has 0 fully saturated rings. The first-order valence-corrected chi connectivity index (χ1v) is 8.85. The van der Waals surface area contributed by atoms with Crippen molar-refractivity contribution in [2.75, 3.05) is 6.54 Å². The molecule has 0 aromatic heterocycles. The van der Waals surface area contributed by atoms with Gasteiger partial charge >= 0.3 is 23.9 Å². The fraction of sp³-hybridized carbons (Fsp3) is 0.688. The first-order valence-electron chi connectivity index (χ1n) is 8.85. The van der Waals surface area contributed by atoms with Crippen molar-refractivity contribution in [1.82, 2.24) is 0 Å². The van der Waals surface area contributed by atoms with Gasteiger partial charge in [0.05, 0.1) is 0 Å². The lowest BCUT2D eigenvalue weighted by Crippen LogP contribution is -2.34. The van der Waals surface area contributed by atoms with Crippen molar-refractivity contribution in [2.45, 2.75) is 57.7 Å². The number of nitrogens with two attached hydrogens (primary N) is 5. The second kappa shape index (κ2) is 18.1. The second-order valence-electron chi connectivity index (χ2n) is 6.38. The van der Waals surface area contributed by atoms with Crippen LogP contribution in [-0.4, -0.2) is 74.9 Å². The van der Waals surface area contributed by atoms with E-state index in [0.717, 1.165) is 0 Å². The molecule has 0 aromatic rings. The minimum Gasteiger partial charge on any atom is -0.481 e. The molecular formula is C16H34N6O8. The van der Waals surface area contributed by atoms with Crippen LogP contribution in [0, 0.1) is 5.92 Å². The van der Waals surface area contributed by atoms with Crippen LogP contribution in [0.15, 0.2) is 4.99 Å². The lowest BCUT2D eigenvalue weighted by molar-refractivity contribution is -0.141. The van der Waals surface area contributed by atoms with E-state index in [9.17, 15) is 19.2 Å². The summed E-state index contributed by atoms with van der Waals surface area (Å²) in [7, 11) is 0. The standard InChI is InChI=1S/C6H14N4O2.C5H9NO4.C5H11NO2/c7-4(5(11)12)2-1-3-10-6(8)9;6-3(5(9)10)1-2-4(7)8;1-3(2)4(6)5(7)8/h4H,1-3,7H2,(H,11,12)(H4,8,9,10);3H,1-2,6H2,(H,7,8)(H,9,10);3-4H,6H2,1-2H3,(H,7,8). The molecule has 3 unspecified atom stereocenters. The van der Waals surface area contributed by atoms with E-state index in [2.05, 4.69) is 4.99 Å². The quantitative estimate of drug-likeness (QED) is 0.0937. The van der Waals surface area contributed by atoms with Gasteiger partial charge in [-0.15, -0.1) is 0 Å². The van der Waals surface area contributed by atoms with E-state index in [1.807, 2.05) is 0 Å². The van der Waals surface area contributed by atoms with Gasteiger partial charge in [-0.05, 0) is 25.2 Å². The summed E-state index contributed by atoms with van der Waals surface area (Å²) in [5.74, 6) is -4.09. The Morgan fingerprint density at radius 3 is 1.50 bits per heavy atom. The second-order valence-corrected chi connectivity index (χ2v) is 6.38. The van der Waals surface area contributed by atoms with Gasteiger partial charge in [0, 0.05) is 13.0 Å². The largest absolute Gasteiger partial charge is 0.481 e. The van der Waals surface area contributed by atoms with E-state index in [1.54, 1.807) is 13.8 Å². The van der Waals surface area contributed by atoms with Crippen molar-refractivity contribution in [1.29, 1.82) is 0 Å². The molecule has 0 bridgehead atoms. The Bertz CT molecular complexity index is 566. The average molecular weight is 438 g/mol. The highest BCUT2D eigenvalue weighted by Gasteiger charge is 2.14. The molecule has 176 valence electrons. The molecule has 14 N–H and O–H groups in total. The number of nitrogens with zero attached hydrogens (tertiary/aromatic N) is 1. The number of carboxylic acids is 4. The number of carbonyl (C=O) groups is 4. The molecule has 0 radical (unpaired) electrons. The SMILES string of the molecule is CC(C)C(N)C(=O)O.NC(CCC(=O)O)C(=O)O.NC(N)=NCCCC(N)C(=O)O. The maximum absolute atomic E-state index is 10.2.